The Morgan fingerprint density at radius 1 is 0.829 bits per heavy atom. The van der Waals surface area contributed by atoms with E-state index in [0.29, 0.717) is 17.0 Å². The summed E-state index contributed by atoms with van der Waals surface area (Å²) in [5.41, 5.74) is 8.90. The van der Waals surface area contributed by atoms with Crippen molar-refractivity contribution in [2.45, 2.75) is 39.7 Å². The van der Waals surface area contributed by atoms with Crippen LogP contribution in [-0.2, 0) is 0 Å². The highest BCUT2D eigenvalue weighted by atomic mass is 16.1. The van der Waals surface area contributed by atoms with Crippen molar-refractivity contribution in [3.63, 3.8) is 0 Å². The molecule has 1 heterocycles. The average molecular weight is 543 g/mol. The molecule has 1 aliphatic rings. The van der Waals surface area contributed by atoms with Gasteiger partial charge in [-0.1, -0.05) is 62.4 Å². The number of hydrogen-bond acceptors (Lipinski definition) is 4. The van der Waals surface area contributed by atoms with Crippen molar-refractivity contribution in [2.24, 2.45) is 0 Å². The lowest BCUT2D eigenvalue weighted by molar-refractivity contribution is 0.102. The number of rotatable bonds is 7. The quantitative estimate of drug-likeness (QED) is 0.259. The number of nitrogens with one attached hydrogen (secondary N) is 1. The average Bonchev–Trinajstić information content (AvgIpc) is 3.01. The van der Waals surface area contributed by atoms with Crippen molar-refractivity contribution >= 4 is 17.3 Å². The molecule has 1 aliphatic heterocycles. The second-order valence-corrected chi connectivity index (χ2v) is 11.2. The van der Waals surface area contributed by atoms with Gasteiger partial charge in [0.25, 0.3) is 5.91 Å². The SMILES string of the molecule is Cc1cccc(C(=O)Nc2ccc(N3CCN(C(C)c4cccc(C#N)c4)CC3)cc2)c1-c1ccc(C(C)C)cc1. The maximum atomic E-state index is 13.4. The van der Waals surface area contributed by atoms with Gasteiger partial charge in [-0.2, -0.15) is 5.26 Å². The summed E-state index contributed by atoms with van der Waals surface area (Å²) in [6.45, 7) is 12.4. The highest BCUT2D eigenvalue weighted by Gasteiger charge is 2.23. The first-order chi connectivity index (χ1) is 19.8. The predicted molar refractivity (Wildman–Crippen MR) is 168 cm³/mol. The topological polar surface area (TPSA) is 59.4 Å². The fraction of sp³-hybridized carbons (Fsp3) is 0.278. The zero-order chi connectivity index (χ0) is 28.9. The van der Waals surface area contributed by atoms with Gasteiger partial charge in [0.1, 0.15) is 0 Å². The lowest BCUT2D eigenvalue weighted by atomic mass is 9.92. The fourth-order valence-electron chi connectivity index (χ4n) is 5.68. The molecule has 5 rings (SSSR count). The van der Waals surface area contributed by atoms with Gasteiger partial charge in [-0.3, -0.25) is 9.69 Å². The fourth-order valence-corrected chi connectivity index (χ4v) is 5.68. The summed E-state index contributed by atoms with van der Waals surface area (Å²) >= 11 is 0. The van der Waals surface area contributed by atoms with Crippen LogP contribution in [0, 0.1) is 18.3 Å². The largest absolute Gasteiger partial charge is 0.369 e. The number of carbonyl (C=O) groups is 1. The third-order valence-electron chi connectivity index (χ3n) is 8.23. The van der Waals surface area contributed by atoms with Gasteiger partial charge in [0.2, 0.25) is 0 Å². The van der Waals surface area contributed by atoms with E-state index in [9.17, 15) is 10.1 Å². The van der Waals surface area contributed by atoms with E-state index in [2.05, 4.69) is 97.4 Å². The second-order valence-electron chi connectivity index (χ2n) is 11.2. The van der Waals surface area contributed by atoms with Gasteiger partial charge in [0.15, 0.2) is 0 Å². The molecule has 4 aromatic carbocycles. The molecular weight excluding hydrogens is 504 g/mol. The summed E-state index contributed by atoms with van der Waals surface area (Å²) in [5, 5.41) is 12.4. The summed E-state index contributed by atoms with van der Waals surface area (Å²) in [6.07, 6.45) is 0. The molecule has 1 amide bonds. The first kappa shape index (κ1) is 28.1. The van der Waals surface area contributed by atoms with Gasteiger partial charge < -0.3 is 10.2 Å². The molecule has 0 aromatic heterocycles. The van der Waals surface area contributed by atoms with Crippen LogP contribution in [0.5, 0.6) is 0 Å². The van der Waals surface area contributed by atoms with E-state index >= 15 is 0 Å². The third kappa shape index (κ3) is 6.34. The van der Waals surface area contributed by atoms with Crippen molar-refractivity contribution in [3.05, 3.63) is 119 Å². The number of nitriles is 1. The van der Waals surface area contributed by atoms with Crippen LogP contribution < -0.4 is 10.2 Å². The van der Waals surface area contributed by atoms with E-state index in [4.69, 9.17) is 0 Å². The molecule has 1 fully saturated rings. The first-order valence-corrected chi connectivity index (χ1v) is 14.4. The van der Waals surface area contributed by atoms with E-state index in [1.54, 1.807) is 0 Å². The van der Waals surface area contributed by atoms with Crippen LogP contribution in [0.3, 0.4) is 0 Å². The number of anilines is 2. The highest BCUT2D eigenvalue weighted by Crippen LogP contribution is 2.30. The predicted octanol–water partition coefficient (Wildman–Crippen LogP) is 7.79. The standard InChI is InChI=1S/C36H38N4O/c1-25(2)29-11-13-30(14-12-29)35-26(3)7-5-10-34(35)36(41)38-32-15-17-33(18-16-32)40-21-19-39(20-22-40)27(4)31-9-6-8-28(23-31)24-37/h5-18,23,25,27H,19-22H2,1-4H3,(H,38,41). The van der Waals surface area contributed by atoms with E-state index in [1.807, 2.05) is 42.5 Å². The normalized spacial score (nSPS) is 14.5. The van der Waals surface area contributed by atoms with Crippen LogP contribution in [0.15, 0.2) is 91.0 Å². The zero-order valence-electron chi connectivity index (χ0n) is 24.4. The Morgan fingerprint density at radius 2 is 1.51 bits per heavy atom. The summed E-state index contributed by atoms with van der Waals surface area (Å²) < 4.78 is 0. The van der Waals surface area contributed by atoms with E-state index in [-0.39, 0.29) is 11.9 Å². The lowest BCUT2D eigenvalue weighted by Gasteiger charge is -2.39. The lowest BCUT2D eigenvalue weighted by Crippen LogP contribution is -2.47. The Balaban J connectivity index is 1.23. The Bertz CT molecular complexity index is 1540. The molecule has 0 aliphatic carbocycles. The minimum Gasteiger partial charge on any atom is -0.369 e. The number of piperazine rings is 1. The summed E-state index contributed by atoms with van der Waals surface area (Å²) in [6, 6.07) is 33.0. The van der Waals surface area contributed by atoms with Crippen LogP contribution in [0.1, 0.15) is 65.3 Å². The number of amides is 1. The summed E-state index contributed by atoms with van der Waals surface area (Å²) in [5.74, 6) is 0.361. The molecule has 0 spiro atoms. The van der Waals surface area contributed by atoms with E-state index in [0.717, 1.165) is 54.2 Å². The van der Waals surface area contributed by atoms with Gasteiger partial charge in [-0.25, -0.2) is 0 Å². The number of nitrogens with zero attached hydrogens (tertiary/aromatic N) is 3. The van der Waals surface area contributed by atoms with Gasteiger partial charge in [-0.05, 0) is 90.0 Å². The molecule has 5 nitrogen and oxygen atoms in total. The maximum absolute atomic E-state index is 13.4. The maximum Gasteiger partial charge on any atom is 0.256 e. The Labute approximate surface area is 244 Å². The number of carbonyl (C=O) groups excluding carboxylic acids is 1. The van der Waals surface area contributed by atoms with Crippen molar-refractivity contribution < 1.29 is 4.79 Å². The smallest absolute Gasteiger partial charge is 0.256 e. The molecule has 1 unspecified atom stereocenters. The number of aryl methyl sites for hydroxylation is 1. The molecule has 4 aromatic rings. The molecule has 208 valence electrons. The van der Waals surface area contributed by atoms with Gasteiger partial charge >= 0.3 is 0 Å². The van der Waals surface area contributed by atoms with E-state index in [1.165, 1.54) is 11.1 Å². The molecule has 0 radical (unpaired) electrons. The molecule has 1 saturated heterocycles. The van der Waals surface area contributed by atoms with Crippen LogP contribution in [-0.4, -0.2) is 37.0 Å². The van der Waals surface area contributed by atoms with Gasteiger partial charge in [-0.15, -0.1) is 0 Å². The third-order valence-corrected chi connectivity index (χ3v) is 8.23. The van der Waals surface area contributed by atoms with Gasteiger partial charge in [0, 0.05) is 49.2 Å². The highest BCUT2D eigenvalue weighted by molar-refractivity contribution is 6.09. The van der Waals surface area contributed by atoms with Crippen molar-refractivity contribution in [1.29, 1.82) is 5.26 Å². The molecule has 0 bridgehead atoms. The van der Waals surface area contributed by atoms with E-state index < -0.39 is 0 Å². The van der Waals surface area contributed by atoms with Crippen molar-refractivity contribution in [3.8, 4) is 17.2 Å². The molecular formula is C36H38N4O. The Morgan fingerprint density at radius 3 is 2.17 bits per heavy atom. The first-order valence-electron chi connectivity index (χ1n) is 14.4. The number of hydrogen-bond donors (Lipinski definition) is 1. The number of benzene rings is 4. The molecule has 41 heavy (non-hydrogen) atoms. The Hall–Kier alpha value is -4.40. The van der Waals surface area contributed by atoms with Crippen molar-refractivity contribution in [2.75, 3.05) is 36.4 Å². The molecule has 0 saturated carbocycles. The summed E-state index contributed by atoms with van der Waals surface area (Å²) in [7, 11) is 0. The van der Waals surface area contributed by atoms with Crippen molar-refractivity contribution in [1.82, 2.24) is 4.90 Å². The molecule has 5 heteroatoms. The van der Waals surface area contributed by atoms with Gasteiger partial charge in [0.05, 0.1) is 11.6 Å². The van der Waals surface area contributed by atoms with Crippen LogP contribution in [0.25, 0.3) is 11.1 Å². The minimum atomic E-state index is -0.104. The molecule has 1 N–H and O–H groups in total. The Kier molecular flexibility index (Phi) is 8.52. The monoisotopic (exact) mass is 542 g/mol. The molecule has 1 atom stereocenters. The second kappa shape index (κ2) is 12.4. The van der Waals surface area contributed by atoms with Crippen LogP contribution in [0.2, 0.25) is 0 Å². The minimum absolute atomic E-state index is 0.104. The zero-order valence-corrected chi connectivity index (χ0v) is 24.4. The van der Waals surface area contributed by atoms with Crippen LogP contribution in [0.4, 0.5) is 11.4 Å². The van der Waals surface area contributed by atoms with Crippen LogP contribution >= 0.6 is 0 Å². The summed E-state index contributed by atoms with van der Waals surface area (Å²) in [4.78, 5) is 18.3.